The summed E-state index contributed by atoms with van der Waals surface area (Å²) >= 11 is 0. The third kappa shape index (κ3) is 3.51. The van der Waals surface area contributed by atoms with E-state index in [0.29, 0.717) is 24.4 Å². The van der Waals surface area contributed by atoms with Gasteiger partial charge in [0.25, 0.3) is 0 Å². The van der Waals surface area contributed by atoms with Gasteiger partial charge in [0.05, 0.1) is 0 Å². The van der Waals surface area contributed by atoms with Crippen LogP contribution in [-0.4, -0.2) is 6.54 Å². The number of ether oxygens (including phenoxy) is 1. The van der Waals surface area contributed by atoms with Gasteiger partial charge in [0.2, 0.25) is 0 Å². The lowest BCUT2D eigenvalue weighted by atomic mass is 10.2. The molecule has 0 amide bonds. The Kier molecular flexibility index (Phi) is 4.63. The van der Waals surface area contributed by atoms with E-state index in [9.17, 15) is 13.2 Å². The molecular weight excluding hydrogens is 267 g/mol. The first-order chi connectivity index (χ1) is 9.60. The van der Waals surface area contributed by atoms with Gasteiger partial charge in [-0.05, 0) is 36.9 Å². The van der Waals surface area contributed by atoms with Crippen LogP contribution in [-0.2, 0) is 6.54 Å². The van der Waals surface area contributed by atoms with E-state index in [4.69, 9.17) is 4.74 Å². The Balaban J connectivity index is 2.27. The fraction of sp³-hybridized carbons (Fsp3) is 0.200. The van der Waals surface area contributed by atoms with E-state index in [1.54, 1.807) is 0 Å². The van der Waals surface area contributed by atoms with Crippen molar-refractivity contribution < 1.29 is 17.9 Å². The highest BCUT2D eigenvalue weighted by atomic mass is 19.1. The summed E-state index contributed by atoms with van der Waals surface area (Å²) in [5.41, 5.74) is 0.565. The molecule has 20 heavy (non-hydrogen) atoms. The van der Waals surface area contributed by atoms with Gasteiger partial charge in [-0.15, -0.1) is 0 Å². The maximum absolute atomic E-state index is 13.5. The molecule has 0 aliphatic rings. The Labute approximate surface area is 115 Å². The van der Waals surface area contributed by atoms with Crippen LogP contribution in [0.3, 0.4) is 0 Å². The van der Waals surface area contributed by atoms with Crippen LogP contribution in [0, 0.1) is 17.5 Å². The van der Waals surface area contributed by atoms with Crippen molar-refractivity contribution in [3.8, 4) is 11.5 Å². The van der Waals surface area contributed by atoms with Crippen molar-refractivity contribution in [1.29, 1.82) is 0 Å². The molecule has 0 bridgehead atoms. The van der Waals surface area contributed by atoms with Crippen molar-refractivity contribution in [2.75, 3.05) is 6.54 Å². The molecule has 0 aliphatic carbocycles. The van der Waals surface area contributed by atoms with Crippen LogP contribution in [0.25, 0.3) is 0 Å². The minimum Gasteiger partial charge on any atom is -0.454 e. The standard InChI is InChI=1S/C15H14F3NO/c1-2-19-9-10-7-11(16)3-5-14(10)20-15-6-4-12(17)8-13(15)18/h3-8,19H,2,9H2,1H3. The summed E-state index contributed by atoms with van der Waals surface area (Å²) in [4.78, 5) is 0. The highest BCUT2D eigenvalue weighted by molar-refractivity contribution is 5.38. The molecule has 0 saturated heterocycles. The highest BCUT2D eigenvalue weighted by Gasteiger charge is 2.10. The normalized spacial score (nSPS) is 10.6. The third-order valence-corrected chi connectivity index (χ3v) is 2.70. The van der Waals surface area contributed by atoms with Crippen molar-refractivity contribution in [1.82, 2.24) is 5.32 Å². The van der Waals surface area contributed by atoms with Crippen LogP contribution in [0.4, 0.5) is 13.2 Å². The second-order valence-electron chi connectivity index (χ2n) is 4.21. The fourth-order valence-electron chi connectivity index (χ4n) is 1.72. The van der Waals surface area contributed by atoms with Gasteiger partial charge in [-0.2, -0.15) is 0 Å². The van der Waals surface area contributed by atoms with Crippen LogP contribution in [0.5, 0.6) is 11.5 Å². The van der Waals surface area contributed by atoms with Gasteiger partial charge in [0.1, 0.15) is 17.4 Å². The SMILES string of the molecule is CCNCc1cc(F)ccc1Oc1ccc(F)cc1F. The quantitative estimate of drug-likeness (QED) is 0.894. The Bertz CT molecular complexity index is 602. The smallest absolute Gasteiger partial charge is 0.168 e. The Hall–Kier alpha value is -2.01. The highest BCUT2D eigenvalue weighted by Crippen LogP contribution is 2.28. The number of nitrogens with one attached hydrogen (secondary N) is 1. The molecule has 0 aliphatic heterocycles. The van der Waals surface area contributed by atoms with Crippen molar-refractivity contribution in [2.24, 2.45) is 0 Å². The lowest BCUT2D eigenvalue weighted by Gasteiger charge is -2.12. The van der Waals surface area contributed by atoms with Crippen LogP contribution in [0.15, 0.2) is 36.4 Å². The summed E-state index contributed by atoms with van der Waals surface area (Å²) in [6, 6.07) is 7.01. The molecular formula is C15H14F3NO. The van der Waals surface area contributed by atoms with Gasteiger partial charge in [0.15, 0.2) is 11.6 Å². The number of hydrogen-bond acceptors (Lipinski definition) is 2. The van der Waals surface area contributed by atoms with Crippen LogP contribution in [0.2, 0.25) is 0 Å². The monoisotopic (exact) mass is 281 g/mol. The average molecular weight is 281 g/mol. The first-order valence-electron chi connectivity index (χ1n) is 6.22. The minimum atomic E-state index is -0.802. The second kappa shape index (κ2) is 6.43. The molecule has 0 heterocycles. The van der Waals surface area contributed by atoms with Crippen molar-refractivity contribution in [3.05, 3.63) is 59.4 Å². The Morgan fingerprint density at radius 2 is 1.60 bits per heavy atom. The van der Waals surface area contributed by atoms with Gasteiger partial charge in [-0.3, -0.25) is 0 Å². The van der Waals surface area contributed by atoms with Crippen molar-refractivity contribution in [3.63, 3.8) is 0 Å². The zero-order valence-electron chi connectivity index (χ0n) is 10.9. The van der Waals surface area contributed by atoms with Crippen molar-refractivity contribution >= 4 is 0 Å². The molecule has 106 valence electrons. The average Bonchev–Trinajstić information content (AvgIpc) is 2.41. The summed E-state index contributed by atoms with van der Waals surface area (Å²) in [5.74, 6) is -1.65. The molecule has 0 radical (unpaired) electrons. The predicted molar refractivity (Wildman–Crippen MR) is 70.2 cm³/mol. The number of hydrogen-bond donors (Lipinski definition) is 1. The predicted octanol–water partition coefficient (Wildman–Crippen LogP) is 4.01. The Morgan fingerprint density at radius 1 is 0.950 bits per heavy atom. The van der Waals surface area contributed by atoms with E-state index in [0.717, 1.165) is 12.1 Å². The maximum Gasteiger partial charge on any atom is 0.168 e. The molecule has 2 aromatic rings. The Morgan fingerprint density at radius 3 is 2.25 bits per heavy atom. The molecule has 0 aromatic heterocycles. The maximum atomic E-state index is 13.5. The zero-order chi connectivity index (χ0) is 14.5. The second-order valence-corrected chi connectivity index (χ2v) is 4.21. The lowest BCUT2D eigenvalue weighted by Crippen LogP contribution is -2.12. The topological polar surface area (TPSA) is 21.3 Å². The molecule has 0 spiro atoms. The molecule has 0 atom stereocenters. The van der Waals surface area contributed by atoms with Crippen LogP contribution < -0.4 is 10.1 Å². The van der Waals surface area contributed by atoms with Crippen LogP contribution >= 0.6 is 0 Å². The first kappa shape index (κ1) is 14.4. The number of rotatable bonds is 5. The van der Waals surface area contributed by atoms with Crippen LogP contribution in [0.1, 0.15) is 12.5 Å². The summed E-state index contributed by atoms with van der Waals surface area (Å²) in [5, 5.41) is 3.04. The van der Waals surface area contributed by atoms with Gasteiger partial charge in [-0.1, -0.05) is 6.92 Å². The molecule has 5 heteroatoms. The van der Waals surface area contributed by atoms with Gasteiger partial charge in [0, 0.05) is 18.2 Å². The molecule has 2 rings (SSSR count). The van der Waals surface area contributed by atoms with Crippen molar-refractivity contribution in [2.45, 2.75) is 13.5 Å². The van der Waals surface area contributed by atoms with Gasteiger partial charge < -0.3 is 10.1 Å². The molecule has 0 fully saturated rings. The lowest BCUT2D eigenvalue weighted by molar-refractivity contribution is 0.430. The summed E-state index contributed by atoms with van der Waals surface area (Å²) < 4.78 is 45.0. The van der Waals surface area contributed by atoms with E-state index < -0.39 is 17.5 Å². The molecule has 0 saturated carbocycles. The summed E-state index contributed by atoms with van der Waals surface area (Å²) in [6.07, 6.45) is 0. The van der Waals surface area contributed by atoms with E-state index in [1.165, 1.54) is 24.3 Å². The van der Waals surface area contributed by atoms with E-state index >= 15 is 0 Å². The minimum absolute atomic E-state index is 0.101. The van der Waals surface area contributed by atoms with E-state index in [2.05, 4.69) is 5.32 Å². The van der Waals surface area contributed by atoms with Gasteiger partial charge in [-0.25, -0.2) is 13.2 Å². The first-order valence-corrected chi connectivity index (χ1v) is 6.22. The van der Waals surface area contributed by atoms with Gasteiger partial charge >= 0.3 is 0 Å². The molecule has 2 aromatic carbocycles. The molecule has 0 unspecified atom stereocenters. The largest absolute Gasteiger partial charge is 0.454 e. The number of halogens is 3. The number of benzene rings is 2. The third-order valence-electron chi connectivity index (χ3n) is 2.70. The summed E-state index contributed by atoms with van der Waals surface area (Å²) in [7, 11) is 0. The summed E-state index contributed by atoms with van der Waals surface area (Å²) in [6.45, 7) is 3.02. The van der Waals surface area contributed by atoms with E-state index in [1.807, 2.05) is 6.92 Å². The molecule has 2 nitrogen and oxygen atoms in total. The van der Waals surface area contributed by atoms with E-state index in [-0.39, 0.29) is 5.75 Å². The molecule has 1 N–H and O–H groups in total. The zero-order valence-corrected chi connectivity index (χ0v) is 10.9. The fourth-order valence-corrected chi connectivity index (χ4v) is 1.72.